The van der Waals surface area contributed by atoms with Gasteiger partial charge in [-0.05, 0) is 37.6 Å². The van der Waals surface area contributed by atoms with Crippen molar-refractivity contribution >= 4 is 5.97 Å². The van der Waals surface area contributed by atoms with Gasteiger partial charge in [0.2, 0.25) is 0 Å². The van der Waals surface area contributed by atoms with Crippen molar-refractivity contribution in [3.05, 3.63) is 35.3 Å². The van der Waals surface area contributed by atoms with E-state index in [1.165, 1.54) is 16.9 Å². The second-order valence-corrected chi connectivity index (χ2v) is 3.85. The molecule has 0 atom stereocenters. The molecule has 1 aromatic carbocycles. The van der Waals surface area contributed by atoms with Crippen LogP contribution in [0.4, 0.5) is 4.39 Å². The van der Waals surface area contributed by atoms with E-state index >= 15 is 0 Å². The first-order valence-corrected chi connectivity index (χ1v) is 5.48. The van der Waals surface area contributed by atoms with Gasteiger partial charge >= 0.3 is 5.97 Å². The number of aromatic nitrogens is 3. The lowest BCUT2D eigenvalue weighted by atomic mass is 10.1. The number of carboxylic acid groups (broad SMARTS) is 1. The summed E-state index contributed by atoms with van der Waals surface area (Å²) in [7, 11) is 0. The summed E-state index contributed by atoms with van der Waals surface area (Å²) in [5.74, 6) is -1.48. The molecule has 0 bridgehead atoms. The molecule has 2 aromatic rings. The number of hydrogen-bond donors (Lipinski definition) is 1. The van der Waals surface area contributed by atoms with E-state index in [1.807, 2.05) is 6.92 Å². The van der Waals surface area contributed by atoms with Gasteiger partial charge in [-0.3, -0.25) is 0 Å². The van der Waals surface area contributed by atoms with Gasteiger partial charge in [0.15, 0.2) is 5.69 Å². The molecule has 0 aliphatic rings. The first kappa shape index (κ1) is 12.2. The normalized spacial score (nSPS) is 10.6. The third kappa shape index (κ3) is 2.09. The van der Waals surface area contributed by atoms with Crippen LogP contribution in [0.15, 0.2) is 18.2 Å². The van der Waals surface area contributed by atoms with Crippen LogP contribution in [0.3, 0.4) is 0 Å². The number of aromatic carboxylic acids is 1. The SMILES string of the molecule is CCn1nc(C(=O)O)c(-c2ccc(F)c(C)c2)n1. The van der Waals surface area contributed by atoms with E-state index in [0.29, 0.717) is 17.7 Å². The minimum atomic E-state index is -1.15. The molecule has 94 valence electrons. The molecular formula is C12H12FN3O2. The number of halogens is 1. The van der Waals surface area contributed by atoms with Crippen LogP contribution >= 0.6 is 0 Å². The molecule has 0 amide bonds. The molecule has 18 heavy (non-hydrogen) atoms. The van der Waals surface area contributed by atoms with Crippen LogP contribution in [0.25, 0.3) is 11.3 Å². The van der Waals surface area contributed by atoms with Gasteiger partial charge in [0.25, 0.3) is 0 Å². The number of nitrogens with zero attached hydrogens (tertiary/aromatic N) is 3. The summed E-state index contributed by atoms with van der Waals surface area (Å²) in [5.41, 5.74) is 1.12. The van der Waals surface area contributed by atoms with E-state index in [4.69, 9.17) is 5.11 Å². The lowest BCUT2D eigenvalue weighted by Crippen LogP contribution is -2.02. The van der Waals surface area contributed by atoms with E-state index in [2.05, 4.69) is 10.2 Å². The molecule has 0 saturated carbocycles. The molecule has 2 rings (SSSR count). The first-order valence-electron chi connectivity index (χ1n) is 5.48. The predicted octanol–water partition coefficient (Wildman–Crippen LogP) is 2.11. The molecule has 0 radical (unpaired) electrons. The quantitative estimate of drug-likeness (QED) is 0.904. The van der Waals surface area contributed by atoms with Gasteiger partial charge in [-0.15, -0.1) is 5.10 Å². The Morgan fingerprint density at radius 1 is 1.44 bits per heavy atom. The minimum Gasteiger partial charge on any atom is -0.476 e. The second-order valence-electron chi connectivity index (χ2n) is 3.85. The topological polar surface area (TPSA) is 68.0 Å². The summed E-state index contributed by atoms with van der Waals surface area (Å²) >= 11 is 0. The summed E-state index contributed by atoms with van der Waals surface area (Å²) in [6.07, 6.45) is 0. The number of benzene rings is 1. The van der Waals surface area contributed by atoms with Gasteiger partial charge in [0.05, 0.1) is 6.54 Å². The fraction of sp³-hybridized carbons (Fsp3) is 0.250. The number of aryl methyl sites for hydroxylation is 2. The lowest BCUT2D eigenvalue weighted by molar-refractivity contribution is 0.0690. The van der Waals surface area contributed by atoms with Crippen molar-refractivity contribution in [1.82, 2.24) is 15.0 Å². The summed E-state index contributed by atoms with van der Waals surface area (Å²) in [4.78, 5) is 12.4. The van der Waals surface area contributed by atoms with Crippen molar-refractivity contribution in [2.24, 2.45) is 0 Å². The second kappa shape index (κ2) is 4.56. The van der Waals surface area contributed by atoms with Gasteiger partial charge in [-0.2, -0.15) is 9.90 Å². The van der Waals surface area contributed by atoms with Gasteiger partial charge < -0.3 is 5.11 Å². The van der Waals surface area contributed by atoms with Gasteiger partial charge in [-0.1, -0.05) is 0 Å². The molecule has 0 unspecified atom stereocenters. The number of hydrogen-bond acceptors (Lipinski definition) is 3. The summed E-state index contributed by atoms with van der Waals surface area (Å²) in [6.45, 7) is 3.90. The Balaban J connectivity index is 2.58. The van der Waals surface area contributed by atoms with Crippen molar-refractivity contribution in [1.29, 1.82) is 0 Å². The van der Waals surface area contributed by atoms with Gasteiger partial charge in [0, 0.05) is 5.56 Å². The monoisotopic (exact) mass is 249 g/mol. The van der Waals surface area contributed by atoms with Crippen molar-refractivity contribution in [2.45, 2.75) is 20.4 Å². The Hall–Kier alpha value is -2.24. The fourth-order valence-electron chi connectivity index (χ4n) is 1.62. The van der Waals surface area contributed by atoms with Crippen molar-refractivity contribution < 1.29 is 14.3 Å². The molecular weight excluding hydrogens is 237 g/mol. The zero-order valence-electron chi connectivity index (χ0n) is 10.0. The van der Waals surface area contributed by atoms with E-state index in [-0.39, 0.29) is 17.2 Å². The molecule has 6 heteroatoms. The highest BCUT2D eigenvalue weighted by Gasteiger charge is 2.19. The molecule has 0 fully saturated rings. The van der Waals surface area contributed by atoms with Crippen LogP contribution in [-0.2, 0) is 6.54 Å². The summed E-state index contributed by atoms with van der Waals surface area (Å²) in [5, 5.41) is 17.0. The average molecular weight is 249 g/mol. The molecule has 0 aliphatic carbocycles. The predicted molar refractivity (Wildman–Crippen MR) is 62.8 cm³/mol. The Bertz CT molecular complexity index is 607. The van der Waals surface area contributed by atoms with Crippen LogP contribution in [0.5, 0.6) is 0 Å². The van der Waals surface area contributed by atoms with Crippen molar-refractivity contribution in [2.75, 3.05) is 0 Å². The molecule has 1 heterocycles. The third-order valence-electron chi connectivity index (χ3n) is 2.57. The maximum atomic E-state index is 13.2. The summed E-state index contributed by atoms with van der Waals surface area (Å²) < 4.78 is 13.2. The lowest BCUT2D eigenvalue weighted by Gasteiger charge is -2.00. The van der Waals surface area contributed by atoms with E-state index in [0.717, 1.165) is 0 Å². The van der Waals surface area contributed by atoms with Crippen LogP contribution in [0.1, 0.15) is 23.0 Å². The molecule has 5 nitrogen and oxygen atoms in total. The number of carbonyl (C=O) groups is 1. The third-order valence-corrected chi connectivity index (χ3v) is 2.57. The number of rotatable bonds is 3. The zero-order valence-corrected chi connectivity index (χ0v) is 10.0. The van der Waals surface area contributed by atoms with Crippen LogP contribution in [-0.4, -0.2) is 26.1 Å². The largest absolute Gasteiger partial charge is 0.476 e. The van der Waals surface area contributed by atoms with Crippen molar-refractivity contribution in [3.8, 4) is 11.3 Å². The highest BCUT2D eigenvalue weighted by atomic mass is 19.1. The Morgan fingerprint density at radius 3 is 2.72 bits per heavy atom. The Kier molecular flexibility index (Phi) is 3.10. The van der Waals surface area contributed by atoms with E-state index in [1.54, 1.807) is 13.0 Å². The Morgan fingerprint density at radius 2 is 2.17 bits per heavy atom. The maximum absolute atomic E-state index is 13.2. The highest BCUT2D eigenvalue weighted by Crippen LogP contribution is 2.22. The highest BCUT2D eigenvalue weighted by molar-refractivity contribution is 5.92. The standard InChI is InChI=1S/C12H12FN3O2/c1-3-16-14-10(11(15-16)12(17)18)8-4-5-9(13)7(2)6-8/h4-6H,3H2,1-2H3,(H,17,18). The van der Waals surface area contributed by atoms with Gasteiger partial charge in [-0.25, -0.2) is 9.18 Å². The number of carboxylic acids is 1. The fourth-order valence-corrected chi connectivity index (χ4v) is 1.62. The first-order chi connectivity index (χ1) is 8.52. The van der Waals surface area contributed by atoms with Crippen molar-refractivity contribution in [3.63, 3.8) is 0 Å². The molecule has 1 N–H and O–H groups in total. The smallest absolute Gasteiger partial charge is 0.358 e. The molecule has 1 aromatic heterocycles. The summed E-state index contributed by atoms with van der Waals surface area (Å²) in [6, 6.07) is 4.35. The van der Waals surface area contributed by atoms with Crippen LogP contribution in [0, 0.1) is 12.7 Å². The molecule has 0 spiro atoms. The van der Waals surface area contributed by atoms with E-state index in [9.17, 15) is 9.18 Å². The minimum absolute atomic E-state index is 0.122. The molecule has 0 saturated heterocycles. The van der Waals surface area contributed by atoms with Crippen LogP contribution in [0.2, 0.25) is 0 Å². The van der Waals surface area contributed by atoms with Crippen LogP contribution < -0.4 is 0 Å². The van der Waals surface area contributed by atoms with E-state index < -0.39 is 5.97 Å². The zero-order chi connectivity index (χ0) is 13.3. The Labute approximate surface area is 103 Å². The maximum Gasteiger partial charge on any atom is 0.358 e. The molecule has 0 aliphatic heterocycles. The van der Waals surface area contributed by atoms with Gasteiger partial charge in [0.1, 0.15) is 11.5 Å². The average Bonchev–Trinajstić information content (AvgIpc) is 2.77.